The minimum absolute atomic E-state index is 0.0599. The van der Waals surface area contributed by atoms with E-state index in [0.29, 0.717) is 19.4 Å². The minimum Gasteiger partial charge on any atom is -0.462 e. The Kier molecular flexibility index (Phi) is 51.0. The minimum atomic E-state index is -0.563. The molecule has 0 fully saturated rings. The van der Waals surface area contributed by atoms with Crippen molar-refractivity contribution in [2.45, 2.75) is 232 Å². The van der Waals surface area contributed by atoms with Crippen LogP contribution in [0.2, 0.25) is 0 Å². The van der Waals surface area contributed by atoms with Gasteiger partial charge in [-0.15, -0.1) is 0 Å². The van der Waals surface area contributed by atoms with Crippen LogP contribution in [-0.4, -0.2) is 37.9 Å². The maximum atomic E-state index is 12.8. The molecule has 364 valence electrons. The van der Waals surface area contributed by atoms with Gasteiger partial charge in [-0.1, -0.05) is 207 Å². The number of allylic oxidation sites excluding steroid dienone is 18. The van der Waals surface area contributed by atoms with Crippen LogP contribution in [0.3, 0.4) is 0 Å². The van der Waals surface area contributed by atoms with E-state index in [-0.39, 0.29) is 25.2 Å². The van der Waals surface area contributed by atoms with Crippen LogP contribution < -0.4 is 0 Å². The molecule has 0 rings (SSSR count). The molecule has 0 amide bonds. The molecule has 0 saturated heterocycles. The summed E-state index contributed by atoms with van der Waals surface area (Å²) in [5, 5.41) is 0. The van der Waals surface area contributed by atoms with Crippen LogP contribution in [0.4, 0.5) is 0 Å². The van der Waals surface area contributed by atoms with Crippen molar-refractivity contribution in [1.29, 1.82) is 0 Å². The first-order chi connectivity index (χ1) is 31.6. The Labute approximate surface area is 395 Å². The molecule has 0 bridgehead atoms. The number of unbranched alkanes of at least 4 members (excludes halogenated alkanes) is 18. The van der Waals surface area contributed by atoms with E-state index in [4.69, 9.17) is 14.2 Å². The van der Waals surface area contributed by atoms with E-state index in [1.54, 1.807) is 0 Å². The topological polar surface area (TPSA) is 61.8 Å². The zero-order valence-corrected chi connectivity index (χ0v) is 41.8. The monoisotopic (exact) mass is 887 g/mol. The Balaban J connectivity index is 4.33. The van der Waals surface area contributed by atoms with Gasteiger partial charge < -0.3 is 14.2 Å². The summed E-state index contributed by atoms with van der Waals surface area (Å²) in [6, 6.07) is 0. The van der Waals surface area contributed by atoms with Crippen LogP contribution in [0.1, 0.15) is 226 Å². The lowest BCUT2D eigenvalue weighted by molar-refractivity contribution is -0.163. The van der Waals surface area contributed by atoms with E-state index in [1.165, 1.54) is 64.2 Å². The molecule has 0 radical (unpaired) electrons. The molecule has 1 unspecified atom stereocenters. The maximum absolute atomic E-state index is 12.8. The lowest BCUT2D eigenvalue weighted by atomic mass is 10.1. The summed E-state index contributed by atoms with van der Waals surface area (Å²) in [6.07, 6.45) is 73.8. The molecule has 1 atom stereocenters. The van der Waals surface area contributed by atoms with Crippen molar-refractivity contribution in [3.8, 4) is 0 Å². The quantitative estimate of drug-likeness (QED) is 0.0346. The summed E-state index contributed by atoms with van der Waals surface area (Å²) in [7, 11) is 0. The number of carbonyl (C=O) groups excluding carboxylic acids is 2. The first-order valence-electron chi connectivity index (χ1n) is 26.4. The number of rotatable bonds is 47. The second kappa shape index (κ2) is 53.9. The Morgan fingerprint density at radius 1 is 0.359 bits per heavy atom. The average Bonchev–Trinajstić information content (AvgIpc) is 3.30. The summed E-state index contributed by atoms with van der Waals surface area (Å²) in [6.45, 7) is 7.48. The van der Waals surface area contributed by atoms with E-state index in [0.717, 1.165) is 128 Å². The fraction of sp³-hybridized carbons (Fsp3) is 0.661. The van der Waals surface area contributed by atoms with Crippen molar-refractivity contribution in [3.05, 3.63) is 109 Å². The van der Waals surface area contributed by atoms with Gasteiger partial charge in [-0.3, -0.25) is 9.59 Å². The number of hydrogen-bond acceptors (Lipinski definition) is 5. The summed E-state index contributed by atoms with van der Waals surface area (Å²) in [5.74, 6) is -0.444. The molecule has 0 saturated carbocycles. The molecular formula is C59H98O5. The molecule has 5 nitrogen and oxygen atoms in total. The van der Waals surface area contributed by atoms with Crippen LogP contribution in [0, 0.1) is 0 Å². The molecule has 5 heteroatoms. The van der Waals surface area contributed by atoms with Crippen LogP contribution in [0.25, 0.3) is 0 Å². The van der Waals surface area contributed by atoms with Crippen LogP contribution in [-0.2, 0) is 23.8 Å². The molecule has 0 N–H and O–H groups in total. The van der Waals surface area contributed by atoms with E-state index in [9.17, 15) is 9.59 Å². The molecule has 0 aliphatic rings. The van der Waals surface area contributed by atoms with Gasteiger partial charge in [0, 0.05) is 19.4 Å². The Morgan fingerprint density at radius 2 is 0.703 bits per heavy atom. The highest BCUT2D eigenvalue weighted by molar-refractivity contribution is 5.70. The average molecular weight is 887 g/mol. The van der Waals surface area contributed by atoms with Crippen molar-refractivity contribution >= 4 is 11.9 Å². The van der Waals surface area contributed by atoms with E-state index < -0.39 is 6.10 Å². The fourth-order valence-corrected chi connectivity index (χ4v) is 6.91. The first-order valence-corrected chi connectivity index (χ1v) is 26.4. The molecule has 0 heterocycles. The molecule has 0 spiro atoms. The molecule has 0 aliphatic carbocycles. The van der Waals surface area contributed by atoms with Crippen LogP contribution in [0.5, 0.6) is 0 Å². The molecule has 64 heavy (non-hydrogen) atoms. The Morgan fingerprint density at radius 3 is 1.12 bits per heavy atom. The third-order valence-electron chi connectivity index (χ3n) is 10.8. The lowest BCUT2D eigenvalue weighted by Crippen LogP contribution is -2.30. The first kappa shape index (κ1) is 60.6. The van der Waals surface area contributed by atoms with Gasteiger partial charge >= 0.3 is 11.9 Å². The Hall–Kier alpha value is -3.44. The summed E-state index contributed by atoms with van der Waals surface area (Å²) in [5.41, 5.74) is 0. The van der Waals surface area contributed by atoms with Gasteiger partial charge in [0.25, 0.3) is 0 Å². The van der Waals surface area contributed by atoms with Crippen molar-refractivity contribution in [1.82, 2.24) is 0 Å². The second-order valence-corrected chi connectivity index (χ2v) is 17.0. The van der Waals surface area contributed by atoms with Gasteiger partial charge in [-0.2, -0.15) is 0 Å². The predicted octanol–water partition coefficient (Wildman–Crippen LogP) is 18.0. The Bertz CT molecular complexity index is 1280. The summed E-state index contributed by atoms with van der Waals surface area (Å²) >= 11 is 0. The van der Waals surface area contributed by atoms with E-state index in [1.807, 2.05) is 0 Å². The standard InChI is InChI=1S/C59H98O5/c1-4-7-10-13-16-19-22-25-27-28-29-30-31-33-36-39-42-45-48-51-54-62-55-57(64-59(61)53-50-47-44-41-38-34-24-21-18-15-12-9-6-3)56-63-58(60)52-49-46-43-40-37-35-32-26-23-20-17-14-11-8-5-2/h7-8,10-12,15-17,19-21,24-27,29-30,32,57H,4-6,9,13-14,18,22-23,28,31,33-56H2,1-3H3/b10-7-,11-8-,15-12-,19-16-,20-17-,24-21-,27-25-,30-29-,32-26-. The van der Waals surface area contributed by atoms with Crippen LogP contribution >= 0.6 is 0 Å². The highest BCUT2D eigenvalue weighted by Crippen LogP contribution is 2.13. The predicted molar refractivity (Wildman–Crippen MR) is 279 cm³/mol. The van der Waals surface area contributed by atoms with Crippen molar-refractivity contribution in [3.63, 3.8) is 0 Å². The van der Waals surface area contributed by atoms with Crippen LogP contribution in [0.15, 0.2) is 109 Å². The third kappa shape index (κ3) is 51.2. The molecule has 0 aromatic carbocycles. The molecule has 0 aliphatic heterocycles. The third-order valence-corrected chi connectivity index (χ3v) is 10.8. The van der Waals surface area contributed by atoms with Gasteiger partial charge in [-0.05, 0) is 116 Å². The number of ether oxygens (including phenoxy) is 3. The van der Waals surface area contributed by atoms with Gasteiger partial charge in [0.15, 0.2) is 6.10 Å². The zero-order chi connectivity index (χ0) is 46.3. The van der Waals surface area contributed by atoms with Gasteiger partial charge in [0.05, 0.1) is 6.61 Å². The molecule has 0 aromatic rings. The zero-order valence-electron chi connectivity index (χ0n) is 41.8. The highest BCUT2D eigenvalue weighted by Gasteiger charge is 2.17. The SMILES string of the molecule is CC/C=C\C/C=C\C/C=C\C/C=C\CCCCCCCCCOCC(COC(=O)CCCCCCC/C=C\C/C=C\C/C=C\CC)OC(=O)CCCCCCC/C=C\C/C=C\CCC. The fourth-order valence-electron chi connectivity index (χ4n) is 6.91. The lowest BCUT2D eigenvalue weighted by Gasteiger charge is -2.18. The highest BCUT2D eigenvalue weighted by atomic mass is 16.6. The smallest absolute Gasteiger partial charge is 0.306 e. The maximum Gasteiger partial charge on any atom is 0.306 e. The van der Waals surface area contributed by atoms with Gasteiger partial charge in [0.1, 0.15) is 6.61 Å². The number of hydrogen-bond donors (Lipinski definition) is 0. The molecular weight excluding hydrogens is 789 g/mol. The number of esters is 2. The van der Waals surface area contributed by atoms with E-state index in [2.05, 4.69) is 130 Å². The normalized spacial score (nSPS) is 13.1. The summed E-state index contributed by atoms with van der Waals surface area (Å²) in [4.78, 5) is 25.4. The summed E-state index contributed by atoms with van der Waals surface area (Å²) < 4.78 is 17.4. The van der Waals surface area contributed by atoms with Gasteiger partial charge in [-0.25, -0.2) is 0 Å². The van der Waals surface area contributed by atoms with Crippen molar-refractivity contribution in [2.75, 3.05) is 19.8 Å². The van der Waals surface area contributed by atoms with Crippen molar-refractivity contribution < 1.29 is 23.8 Å². The number of carbonyl (C=O) groups is 2. The van der Waals surface area contributed by atoms with E-state index >= 15 is 0 Å². The van der Waals surface area contributed by atoms with Crippen molar-refractivity contribution in [2.24, 2.45) is 0 Å². The van der Waals surface area contributed by atoms with Gasteiger partial charge in [0.2, 0.25) is 0 Å². The molecule has 0 aromatic heterocycles. The largest absolute Gasteiger partial charge is 0.462 e. The second-order valence-electron chi connectivity index (χ2n) is 17.0.